The van der Waals surface area contributed by atoms with Crippen molar-refractivity contribution >= 4 is 28.3 Å². The number of rotatable bonds is 8. The van der Waals surface area contributed by atoms with E-state index in [1.807, 2.05) is 31.2 Å². The predicted molar refractivity (Wildman–Crippen MR) is 119 cm³/mol. The molecule has 0 bridgehead atoms. The van der Waals surface area contributed by atoms with Crippen molar-refractivity contribution in [3.63, 3.8) is 0 Å². The van der Waals surface area contributed by atoms with E-state index >= 15 is 0 Å². The monoisotopic (exact) mass is 442 g/mol. The molecule has 2 aromatic carbocycles. The quantitative estimate of drug-likeness (QED) is 0.388. The molecule has 0 fully saturated rings. The zero-order valence-corrected chi connectivity index (χ0v) is 18.3. The highest BCUT2D eigenvalue weighted by atomic mass is 35.5. The van der Waals surface area contributed by atoms with E-state index in [1.54, 1.807) is 31.5 Å². The Morgan fingerprint density at radius 2 is 1.94 bits per heavy atom. The van der Waals surface area contributed by atoms with E-state index in [0.29, 0.717) is 22.3 Å². The van der Waals surface area contributed by atoms with Crippen molar-refractivity contribution in [2.45, 2.75) is 19.6 Å². The fourth-order valence-corrected chi connectivity index (χ4v) is 3.36. The zero-order chi connectivity index (χ0) is 22.4. The van der Waals surface area contributed by atoms with Crippen LogP contribution in [0.5, 0.6) is 5.75 Å². The summed E-state index contributed by atoms with van der Waals surface area (Å²) in [6.45, 7) is 2.37. The van der Waals surface area contributed by atoms with Crippen LogP contribution in [-0.2, 0) is 20.8 Å². The molecule has 8 heteroatoms. The molecule has 1 heterocycles. The van der Waals surface area contributed by atoms with Gasteiger partial charge in [-0.2, -0.15) is 5.10 Å². The van der Waals surface area contributed by atoms with Gasteiger partial charge in [0.1, 0.15) is 5.75 Å². The first kappa shape index (κ1) is 22.5. The van der Waals surface area contributed by atoms with Crippen LogP contribution in [0, 0.1) is 0 Å². The van der Waals surface area contributed by atoms with Gasteiger partial charge in [-0.25, -0.2) is 9.48 Å². The van der Waals surface area contributed by atoms with Crippen LogP contribution in [0.3, 0.4) is 0 Å². The number of esters is 1. The number of nitrogens with zero attached hydrogens (tertiary/aromatic N) is 2. The van der Waals surface area contributed by atoms with Gasteiger partial charge >= 0.3 is 5.97 Å². The van der Waals surface area contributed by atoms with E-state index in [-0.39, 0.29) is 18.3 Å². The van der Waals surface area contributed by atoms with Crippen molar-refractivity contribution in [1.29, 1.82) is 0 Å². The third-order valence-corrected chi connectivity index (χ3v) is 5.01. The Morgan fingerprint density at radius 1 is 1.19 bits per heavy atom. The van der Waals surface area contributed by atoms with E-state index in [2.05, 4.69) is 9.84 Å². The smallest absolute Gasteiger partial charge is 0.330 e. The van der Waals surface area contributed by atoms with E-state index < -0.39 is 5.97 Å². The lowest BCUT2D eigenvalue weighted by atomic mass is 10.0. The minimum Gasteiger partial charge on any atom is -0.497 e. The highest BCUT2D eigenvalue weighted by Crippen LogP contribution is 2.28. The Morgan fingerprint density at radius 3 is 2.61 bits per heavy atom. The van der Waals surface area contributed by atoms with Crippen LogP contribution < -0.4 is 10.3 Å². The first-order valence-electron chi connectivity index (χ1n) is 9.61. The second-order valence-corrected chi connectivity index (χ2v) is 7.25. The summed E-state index contributed by atoms with van der Waals surface area (Å²) in [7, 11) is 2.91. The molecule has 0 saturated heterocycles. The molecule has 0 amide bonds. The maximum atomic E-state index is 13.1. The average molecular weight is 443 g/mol. The number of hydrogen-bond acceptors (Lipinski definition) is 6. The Kier molecular flexibility index (Phi) is 7.44. The molecule has 0 N–H and O–H groups in total. The van der Waals surface area contributed by atoms with E-state index in [0.717, 1.165) is 16.9 Å². The van der Waals surface area contributed by atoms with Gasteiger partial charge in [0.2, 0.25) is 0 Å². The Balaban J connectivity index is 1.87. The molecule has 0 saturated carbocycles. The molecule has 0 spiro atoms. The van der Waals surface area contributed by atoms with E-state index in [4.69, 9.17) is 21.1 Å². The summed E-state index contributed by atoms with van der Waals surface area (Å²) >= 11 is 6.29. The molecule has 3 aromatic rings. The molecular formula is C23H23ClN2O5. The summed E-state index contributed by atoms with van der Waals surface area (Å²) in [6.07, 6.45) is 4.13. The Bertz CT molecular complexity index is 1160. The lowest BCUT2D eigenvalue weighted by molar-refractivity contribution is -0.134. The highest BCUT2D eigenvalue weighted by molar-refractivity contribution is 6.31. The van der Waals surface area contributed by atoms with Crippen LogP contribution in [0.4, 0.5) is 0 Å². The van der Waals surface area contributed by atoms with Gasteiger partial charge in [-0.1, -0.05) is 29.8 Å². The van der Waals surface area contributed by atoms with Crippen molar-refractivity contribution in [3.05, 3.63) is 81.3 Å². The SMILES string of the molecule is COC(=O)/C=C/COC(C)c1cc(Cl)cc2c(=O)n(Cc3ccc(OC)cc3)ncc12. The summed E-state index contributed by atoms with van der Waals surface area (Å²) in [5.74, 6) is 0.292. The first-order chi connectivity index (χ1) is 14.9. The van der Waals surface area contributed by atoms with Gasteiger partial charge in [0.15, 0.2) is 0 Å². The van der Waals surface area contributed by atoms with Crippen molar-refractivity contribution in [2.24, 2.45) is 0 Å². The largest absolute Gasteiger partial charge is 0.497 e. The molecule has 7 nitrogen and oxygen atoms in total. The summed E-state index contributed by atoms with van der Waals surface area (Å²) < 4.78 is 16.9. The Labute approximate surface area is 184 Å². The topological polar surface area (TPSA) is 79.7 Å². The predicted octanol–water partition coefficient (Wildman–Crippen LogP) is 3.91. The lowest BCUT2D eigenvalue weighted by Crippen LogP contribution is -2.23. The van der Waals surface area contributed by atoms with E-state index in [1.165, 1.54) is 17.9 Å². The summed E-state index contributed by atoms with van der Waals surface area (Å²) in [5, 5.41) is 5.92. The number of halogens is 1. The van der Waals surface area contributed by atoms with Gasteiger partial charge in [-0.05, 0) is 42.3 Å². The average Bonchev–Trinajstić information content (AvgIpc) is 2.78. The number of benzene rings is 2. The third-order valence-electron chi connectivity index (χ3n) is 4.79. The minimum absolute atomic E-state index is 0.201. The number of methoxy groups -OCH3 is 2. The van der Waals surface area contributed by atoms with Gasteiger partial charge in [0.25, 0.3) is 5.56 Å². The van der Waals surface area contributed by atoms with Crippen molar-refractivity contribution in [1.82, 2.24) is 9.78 Å². The van der Waals surface area contributed by atoms with Crippen molar-refractivity contribution in [3.8, 4) is 5.75 Å². The number of carbonyl (C=O) groups excluding carboxylic acids is 1. The van der Waals surface area contributed by atoms with Crippen molar-refractivity contribution < 1.29 is 19.0 Å². The molecule has 162 valence electrons. The van der Waals surface area contributed by atoms with Gasteiger partial charge < -0.3 is 14.2 Å². The number of ether oxygens (including phenoxy) is 3. The molecule has 1 atom stereocenters. The van der Waals surface area contributed by atoms with Gasteiger partial charge in [0.05, 0.1) is 45.1 Å². The van der Waals surface area contributed by atoms with Gasteiger partial charge in [0, 0.05) is 16.5 Å². The van der Waals surface area contributed by atoms with Crippen LogP contribution in [0.1, 0.15) is 24.2 Å². The summed E-state index contributed by atoms with van der Waals surface area (Å²) in [4.78, 5) is 24.2. The second kappa shape index (κ2) is 10.2. The normalized spacial score (nSPS) is 12.3. The standard InChI is InChI=1S/C23H23ClN2O5/c1-15(31-10-4-5-22(27)30-3)19-11-17(24)12-20-21(19)13-25-26(23(20)28)14-16-6-8-18(29-2)9-7-16/h4-9,11-13,15H,10,14H2,1-3H3/b5-4+. The molecular weight excluding hydrogens is 420 g/mol. The van der Waals surface area contributed by atoms with Crippen LogP contribution in [-0.4, -0.2) is 36.6 Å². The maximum Gasteiger partial charge on any atom is 0.330 e. The maximum absolute atomic E-state index is 13.1. The molecule has 0 aliphatic carbocycles. The molecule has 1 aromatic heterocycles. The zero-order valence-electron chi connectivity index (χ0n) is 17.5. The van der Waals surface area contributed by atoms with Crippen LogP contribution in [0.15, 0.2) is 59.5 Å². The van der Waals surface area contributed by atoms with Gasteiger partial charge in [-0.15, -0.1) is 0 Å². The number of aromatic nitrogens is 2. The van der Waals surface area contributed by atoms with Crippen LogP contribution >= 0.6 is 11.6 Å². The van der Waals surface area contributed by atoms with Crippen LogP contribution in [0.2, 0.25) is 5.02 Å². The number of fused-ring (bicyclic) bond motifs is 1. The molecule has 0 aliphatic rings. The summed E-state index contributed by atoms with van der Waals surface area (Å²) in [6, 6.07) is 10.8. The van der Waals surface area contributed by atoms with Gasteiger partial charge in [-0.3, -0.25) is 4.79 Å². The summed E-state index contributed by atoms with van der Waals surface area (Å²) in [5.41, 5.74) is 1.43. The number of carbonyl (C=O) groups is 1. The highest BCUT2D eigenvalue weighted by Gasteiger charge is 2.15. The third kappa shape index (κ3) is 5.51. The first-order valence-corrected chi connectivity index (χ1v) is 9.99. The Hall–Kier alpha value is -3.16. The van der Waals surface area contributed by atoms with E-state index in [9.17, 15) is 9.59 Å². The minimum atomic E-state index is -0.453. The molecule has 3 rings (SSSR count). The van der Waals surface area contributed by atoms with Crippen molar-refractivity contribution in [2.75, 3.05) is 20.8 Å². The molecule has 1 unspecified atom stereocenters. The fourth-order valence-electron chi connectivity index (χ4n) is 3.13. The fraction of sp³-hybridized carbons (Fsp3) is 0.261. The molecule has 0 aliphatic heterocycles. The second-order valence-electron chi connectivity index (χ2n) is 6.81. The number of hydrogen-bond donors (Lipinski definition) is 0. The lowest BCUT2D eigenvalue weighted by Gasteiger charge is -2.16. The molecule has 31 heavy (non-hydrogen) atoms. The van der Waals surface area contributed by atoms with Crippen LogP contribution in [0.25, 0.3) is 10.8 Å². The molecule has 0 radical (unpaired) electrons.